The second-order valence-electron chi connectivity index (χ2n) is 4.61. The Balaban J connectivity index is 2.47. The molecular formula is C13H18N2O5S. The zero-order chi connectivity index (χ0) is 15.8. The van der Waals surface area contributed by atoms with Gasteiger partial charge in [0.05, 0.1) is 0 Å². The molecule has 116 valence electrons. The monoisotopic (exact) mass is 314 g/mol. The van der Waals surface area contributed by atoms with Crippen molar-refractivity contribution in [1.29, 1.82) is 0 Å². The van der Waals surface area contributed by atoms with Crippen LogP contribution in [0.25, 0.3) is 0 Å². The Morgan fingerprint density at radius 2 is 2.10 bits per heavy atom. The van der Waals surface area contributed by atoms with Crippen molar-refractivity contribution in [3.8, 4) is 0 Å². The Hall–Kier alpha value is -2.09. The fourth-order valence-electron chi connectivity index (χ4n) is 1.70. The maximum absolute atomic E-state index is 11.9. The highest BCUT2D eigenvalue weighted by Gasteiger charge is 2.21. The lowest BCUT2D eigenvalue weighted by atomic mass is 10.1. The molecule has 1 aromatic rings. The highest BCUT2D eigenvalue weighted by Crippen LogP contribution is 2.09. The normalized spacial score (nSPS) is 11.7. The third-order valence-corrected chi connectivity index (χ3v) is 3.56. The van der Waals surface area contributed by atoms with E-state index in [0.29, 0.717) is 6.54 Å². The summed E-state index contributed by atoms with van der Waals surface area (Å²) in [5, 5.41) is 23.8. The lowest BCUT2D eigenvalue weighted by Crippen LogP contribution is -2.46. The first kappa shape index (κ1) is 17.0. The summed E-state index contributed by atoms with van der Waals surface area (Å²) >= 11 is 1.52. The van der Waals surface area contributed by atoms with Crippen LogP contribution in [0.15, 0.2) is 16.8 Å². The fraction of sp³-hybridized carbons (Fsp3) is 0.462. The molecule has 2 amide bonds. The molecule has 0 aliphatic rings. The minimum absolute atomic E-state index is 0.0830. The van der Waals surface area contributed by atoms with E-state index in [9.17, 15) is 14.4 Å². The van der Waals surface area contributed by atoms with Gasteiger partial charge < -0.3 is 20.4 Å². The van der Waals surface area contributed by atoms with Crippen LogP contribution < -0.4 is 5.32 Å². The van der Waals surface area contributed by atoms with Crippen molar-refractivity contribution in [1.82, 2.24) is 10.2 Å². The van der Waals surface area contributed by atoms with E-state index in [1.807, 2.05) is 16.8 Å². The molecule has 0 unspecified atom stereocenters. The standard InChI is InChI=1S/C13H18N2O5S/c1-15(7-9-5-6-21-8-9)13(20)14-10(12(18)19)3-2-4-11(16)17/h5-6,8,10H,2-4,7H2,1H3,(H,14,20)(H,16,17)(H,18,19)/t10-/m1/s1. The first-order valence-corrected chi connectivity index (χ1v) is 7.31. The molecule has 21 heavy (non-hydrogen) atoms. The predicted octanol–water partition coefficient (Wildman–Crippen LogP) is 1.60. The van der Waals surface area contributed by atoms with E-state index in [0.717, 1.165) is 5.56 Å². The highest BCUT2D eigenvalue weighted by molar-refractivity contribution is 7.07. The molecule has 7 nitrogen and oxygen atoms in total. The van der Waals surface area contributed by atoms with Crippen molar-refractivity contribution in [2.24, 2.45) is 0 Å². The third-order valence-electron chi connectivity index (χ3n) is 2.83. The van der Waals surface area contributed by atoms with Gasteiger partial charge in [0, 0.05) is 20.0 Å². The van der Waals surface area contributed by atoms with E-state index in [-0.39, 0.29) is 19.3 Å². The predicted molar refractivity (Wildman–Crippen MR) is 77.2 cm³/mol. The van der Waals surface area contributed by atoms with E-state index in [4.69, 9.17) is 10.2 Å². The van der Waals surface area contributed by atoms with Crippen LogP contribution >= 0.6 is 11.3 Å². The van der Waals surface area contributed by atoms with E-state index < -0.39 is 24.0 Å². The van der Waals surface area contributed by atoms with Crippen LogP contribution in [0.5, 0.6) is 0 Å². The maximum atomic E-state index is 11.9. The summed E-state index contributed by atoms with van der Waals surface area (Å²) in [6.45, 7) is 0.386. The molecule has 3 N–H and O–H groups in total. The van der Waals surface area contributed by atoms with Crippen molar-refractivity contribution in [3.63, 3.8) is 0 Å². The number of aliphatic carboxylic acids is 2. The smallest absolute Gasteiger partial charge is 0.326 e. The van der Waals surface area contributed by atoms with Gasteiger partial charge in [0.25, 0.3) is 0 Å². The number of thiophene rings is 1. The SMILES string of the molecule is CN(Cc1ccsc1)C(=O)N[C@H](CCCC(=O)O)C(=O)O. The Labute approximate surface area is 126 Å². The molecule has 0 saturated carbocycles. The first-order valence-electron chi connectivity index (χ1n) is 6.37. The number of amides is 2. The number of carboxylic acids is 2. The van der Waals surface area contributed by atoms with Crippen LogP contribution in [0.3, 0.4) is 0 Å². The molecule has 0 saturated heterocycles. The van der Waals surface area contributed by atoms with Gasteiger partial charge in [0.2, 0.25) is 0 Å². The van der Waals surface area contributed by atoms with Crippen LogP contribution in [0.4, 0.5) is 4.79 Å². The zero-order valence-electron chi connectivity index (χ0n) is 11.6. The number of hydrogen-bond donors (Lipinski definition) is 3. The molecule has 0 fully saturated rings. The quantitative estimate of drug-likeness (QED) is 0.675. The molecular weight excluding hydrogens is 296 g/mol. The molecule has 0 aliphatic carbocycles. The number of nitrogens with zero attached hydrogens (tertiary/aromatic N) is 1. The van der Waals surface area contributed by atoms with Gasteiger partial charge in [-0.3, -0.25) is 4.79 Å². The summed E-state index contributed by atoms with van der Waals surface area (Å²) in [7, 11) is 1.57. The molecule has 1 atom stereocenters. The lowest BCUT2D eigenvalue weighted by Gasteiger charge is -2.21. The molecule has 8 heteroatoms. The zero-order valence-corrected chi connectivity index (χ0v) is 12.4. The van der Waals surface area contributed by atoms with Crippen LogP contribution in [0.1, 0.15) is 24.8 Å². The molecule has 1 heterocycles. The van der Waals surface area contributed by atoms with Gasteiger partial charge in [-0.25, -0.2) is 9.59 Å². The Morgan fingerprint density at radius 3 is 2.62 bits per heavy atom. The molecule has 0 radical (unpaired) electrons. The molecule has 0 spiro atoms. The van der Waals surface area contributed by atoms with Gasteiger partial charge in [0.15, 0.2) is 0 Å². The van der Waals surface area contributed by atoms with Gasteiger partial charge in [-0.1, -0.05) is 0 Å². The third kappa shape index (κ3) is 6.26. The summed E-state index contributed by atoms with van der Waals surface area (Å²) in [6, 6.07) is 0.307. The maximum Gasteiger partial charge on any atom is 0.326 e. The minimum atomic E-state index is -1.17. The summed E-state index contributed by atoms with van der Waals surface area (Å²) in [6.07, 6.45) is 0.158. The minimum Gasteiger partial charge on any atom is -0.481 e. The van der Waals surface area contributed by atoms with Crippen molar-refractivity contribution in [2.45, 2.75) is 31.8 Å². The number of hydrogen-bond acceptors (Lipinski definition) is 4. The van der Waals surface area contributed by atoms with Crippen molar-refractivity contribution < 1.29 is 24.6 Å². The van der Waals surface area contributed by atoms with Gasteiger partial charge >= 0.3 is 18.0 Å². The molecule has 1 aromatic heterocycles. The number of carbonyl (C=O) groups is 3. The Kier molecular flexibility index (Phi) is 6.67. The van der Waals surface area contributed by atoms with Gasteiger partial charge in [-0.05, 0) is 35.2 Å². The molecule has 0 aromatic carbocycles. The number of carbonyl (C=O) groups excluding carboxylic acids is 1. The summed E-state index contributed by atoms with van der Waals surface area (Å²) < 4.78 is 0. The van der Waals surface area contributed by atoms with Crippen molar-refractivity contribution in [2.75, 3.05) is 7.05 Å². The van der Waals surface area contributed by atoms with Crippen LogP contribution in [-0.2, 0) is 16.1 Å². The highest BCUT2D eigenvalue weighted by atomic mass is 32.1. The summed E-state index contributed by atoms with van der Waals surface area (Å²) in [5.74, 6) is -2.15. The first-order chi connectivity index (χ1) is 9.90. The van der Waals surface area contributed by atoms with Gasteiger partial charge in [-0.15, -0.1) is 0 Å². The summed E-state index contributed by atoms with van der Waals surface area (Å²) in [4.78, 5) is 34.8. The van der Waals surface area contributed by atoms with E-state index >= 15 is 0 Å². The fourth-order valence-corrected chi connectivity index (χ4v) is 2.36. The number of rotatable bonds is 8. The molecule has 0 bridgehead atoms. The second kappa shape index (κ2) is 8.25. The number of carboxylic acid groups (broad SMARTS) is 2. The van der Waals surface area contributed by atoms with Crippen LogP contribution in [-0.4, -0.2) is 46.2 Å². The molecule has 0 aliphatic heterocycles. The lowest BCUT2D eigenvalue weighted by molar-refractivity contribution is -0.140. The Bertz CT molecular complexity index is 489. The van der Waals surface area contributed by atoms with E-state index in [1.54, 1.807) is 7.05 Å². The topological polar surface area (TPSA) is 107 Å². The second-order valence-corrected chi connectivity index (χ2v) is 5.39. The largest absolute Gasteiger partial charge is 0.481 e. The number of urea groups is 1. The average Bonchev–Trinajstić information content (AvgIpc) is 2.89. The van der Waals surface area contributed by atoms with Crippen molar-refractivity contribution >= 4 is 29.3 Å². The Morgan fingerprint density at radius 1 is 1.38 bits per heavy atom. The van der Waals surface area contributed by atoms with Gasteiger partial charge in [0.1, 0.15) is 6.04 Å². The van der Waals surface area contributed by atoms with E-state index in [1.165, 1.54) is 16.2 Å². The van der Waals surface area contributed by atoms with Crippen LogP contribution in [0.2, 0.25) is 0 Å². The van der Waals surface area contributed by atoms with Crippen LogP contribution in [0, 0.1) is 0 Å². The van der Waals surface area contributed by atoms with E-state index in [2.05, 4.69) is 5.32 Å². The molecule has 1 rings (SSSR count). The summed E-state index contributed by atoms with van der Waals surface area (Å²) in [5.41, 5.74) is 0.968. The van der Waals surface area contributed by atoms with Gasteiger partial charge in [-0.2, -0.15) is 11.3 Å². The number of nitrogens with one attached hydrogen (secondary N) is 1. The average molecular weight is 314 g/mol. The van der Waals surface area contributed by atoms with Crippen molar-refractivity contribution in [3.05, 3.63) is 22.4 Å².